The molecule has 1 aromatic carbocycles. The van der Waals surface area contributed by atoms with Gasteiger partial charge in [0.1, 0.15) is 11.6 Å². The van der Waals surface area contributed by atoms with Crippen molar-refractivity contribution in [3.63, 3.8) is 0 Å². The van der Waals surface area contributed by atoms with Crippen LogP contribution < -0.4 is 4.74 Å². The van der Waals surface area contributed by atoms with Crippen LogP contribution in [0.15, 0.2) is 18.2 Å². The number of methoxy groups -OCH3 is 1. The Morgan fingerprint density at radius 1 is 1.40 bits per heavy atom. The van der Waals surface area contributed by atoms with Gasteiger partial charge in [0, 0.05) is 10.4 Å². The Hall–Kier alpha value is -0.570. The average molecular weight is 273 g/mol. The molecule has 3 heteroatoms. The molecule has 2 atom stereocenters. The molecule has 0 aromatic heterocycles. The van der Waals surface area contributed by atoms with Crippen LogP contribution >= 0.6 is 15.9 Å². The Kier molecular flexibility index (Phi) is 3.29. The van der Waals surface area contributed by atoms with Gasteiger partial charge in [-0.3, -0.25) is 0 Å². The number of benzene rings is 1. The van der Waals surface area contributed by atoms with Gasteiger partial charge in [0.2, 0.25) is 0 Å². The second kappa shape index (κ2) is 4.52. The maximum absolute atomic E-state index is 13.2. The van der Waals surface area contributed by atoms with Gasteiger partial charge in [0.25, 0.3) is 0 Å². The molecule has 0 heterocycles. The molecule has 0 spiro atoms. The second-order valence-corrected chi connectivity index (χ2v) is 5.29. The molecular weight excluding hydrogens is 259 g/mol. The average Bonchev–Trinajstić information content (AvgIpc) is 2.65. The third-order valence-electron chi connectivity index (χ3n) is 3.00. The highest BCUT2D eigenvalue weighted by Crippen LogP contribution is 2.41. The second-order valence-electron chi connectivity index (χ2n) is 3.99. The summed E-state index contributed by atoms with van der Waals surface area (Å²) in [5, 5.41) is 0. The van der Waals surface area contributed by atoms with Crippen molar-refractivity contribution in [2.75, 3.05) is 7.11 Å². The Bertz CT molecular complexity index is 353. The van der Waals surface area contributed by atoms with E-state index in [2.05, 4.69) is 15.9 Å². The number of ether oxygens (including phenoxy) is 1. The molecule has 2 rings (SSSR count). The molecule has 15 heavy (non-hydrogen) atoms. The van der Waals surface area contributed by atoms with Gasteiger partial charge < -0.3 is 4.74 Å². The third-order valence-corrected chi connectivity index (χ3v) is 3.83. The highest BCUT2D eigenvalue weighted by Gasteiger charge is 2.26. The lowest BCUT2D eigenvalue weighted by molar-refractivity contribution is 0.404. The summed E-state index contributed by atoms with van der Waals surface area (Å²) in [5.74, 6) is 1.06. The van der Waals surface area contributed by atoms with Gasteiger partial charge in [-0.2, -0.15) is 0 Å². The van der Waals surface area contributed by atoms with Gasteiger partial charge in [0.15, 0.2) is 0 Å². The van der Waals surface area contributed by atoms with E-state index < -0.39 is 0 Å². The largest absolute Gasteiger partial charge is 0.496 e. The van der Waals surface area contributed by atoms with Gasteiger partial charge >= 0.3 is 0 Å². The van der Waals surface area contributed by atoms with Gasteiger partial charge in [-0.05, 0) is 43.4 Å². The topological polar surface area (TPSA) is 9.23 Å². The molecule has 1 nitrogen and oxygen atoms in total. The fourth-order valence-corrected chi connectivity index (χ4v) is 2.95. The molecule has 0 amide bonds. The van der Waals surface area contributed by atoms with Crippen molar-refractivity contribution < 1.29 is 9.13 Å². The molecule has 1 aliphatic rings. The first-order valence-corrected chi connectivity index (χ1v) is 6.09. The van der Waals surface area contributed by atoms with Crippen molar-refractivity contribution >= 4 is 15.9 Å². The van der Waals surface area contributed by atoms with Crippen LogP contribution in [0.3, 0.4) is 0 Å². The molecule has 0 saturated heterocycles. The first-order valence-electron chi connectivity index (χ1n) is 5.18. The van der Waals surface area contributed by atoms with Crippen LogP contribution in [0.4, 0.5) is 4.39 Å². The summed E-state index contributed by atoms with van der Waals surface area (Å²) >= 11 is 3.61. The minimum Gasteiger partial charge on any atom is -0.496 e. The molecule has 2 unspecified atom stereocenters. The SMILES string of the molecule is COc1ccc(F)cc1C1CCC(Br)C1. The zero-order valence-electron chi connectivity index (χ0n) is 8.67. The van der Waals surface area contributed by atoms with Gasteiger partial charge in [-0.1, -0.05) is 15.9 Å². The minimum atomic E-state index is -0.177. The van der Waals surface area contributed by atoms with E-state index in [0.29, 0.717) is 10.7 Å². The summed E-state index contributed by atoms with van der Waals surface area (Å²) in [6, 6.07) is 4.77. The van der Waals surface area contributed by atoms with Crippen molar-refractivity contribution in [1.82, 2.24) is 0 Å². The van der Waals surface area contributed by atoms with Crippen LogP contribution in [-0.4, -0.2) is 11.9 Å². The molecule has 0 radical (unpaired) electrons. The summed E-state index contributed by atoms with van der Waals surface area (Å²) in [6.45, 7) is 0. The van der Waals surface area contributed by atoms with Crippen LogP contribution in [0.5, 0.6) is 5.75 Å². The summed E-state index contributed by atoms with van der Waals surface area (Å²) in [4.78, 5) is 0.565. The highest BCUT2D eigenvalue weighted by atomic mass is 79.9. The Morgan fingerprint density at radius 2 is 2.20 bits per heavy atom. The van der Waals surface area contributed by atoms with E-state index in [9.17, 15) is 4.39 Å². The lowest BCUT2D eigenvalue weighted by atomic mass is 9.96. The Morgan fingerprint density at radius 3 is 2.80 bits per heavy atom. The van der Waals surface area contributed by atoms with Crippen molar-refractivity contribution in [2.45, 2.75) is 30.0 Å². The monoisotopic (exact) mass is 272 g/mol. The van der Waals surface area contributed by atoms with Crippen LogP contribution in [0.1, 0.15) is 30.7 Å². The fraction of sp³-hybridized carbons (Fsp3) is 0.500. The third kappa shape index (κ3) is 2.33. The van der Waals surface area contributed by atoms with Crippen LogP contribution in [-0.2, 0) is 0 Å². The van der Waals surface area contributed by atoms with Crippen LogP contribution in [0.2, 0.25) is 0 Å². The molecule has 0 N–H and O–H groups in total. The quantitative estimate of drug-likeness (QED) is 0.743. The predicted molar refractivity (Wildman–Crippen MR) is 62.3 cm³/mol. The van der Waals surface area contributed by atoms with E-state index in [4.69, 9.17) is 4.74 Å². The van der Waals surface area contributed by atoms with E-state index in [1.54, 1.807) is 19.2 Å². The summed E-state index contributed by atoms with van der Waals surface area (Å²) in [5.41, 5.74) is 1.01. The van der Waals surface area contributed by atoms with Gasteiger partial charge in [-0.15, -0.1) is 0 Å². The lowest BCUT2D eigenvalue weighted by Gasteiger charge is -2.14. The van der Waals surface area contributed by atoms with Crippen LogP contribution in [0, 0.1) is 5.82 Å². The standard InChI is InChI=1S/C12H14BrFO/c1-15-12-5-4-10(14)7-11(12)8-2-3-9(13)6-8/h4-5,7-9H,2-3,6H2,1H3. The lowest BCUT2D eigenvalue weighted by Crippen LogP contribution is -1.99. The molecule has 82 valence electrons. The van der Waals surface area contributed by atoms with Crippen molar-refractivity contribution in [2.24, 2.45) is 0 Å². The number of hydrogen-bond acceptors (Lipinski definition) is 1. The van der Waals surface area contributed by atoms with Gasteiger partial charge in [-0.25, -0.2) is 4.39 Å². The number of halogens is 2. The summed E-state index contributed by atoms with van der Waals surface area (Å²) < 4.78 is 18.4. The normalized spacial score (nSPS) is 25.5. The summed E-state index contributed by atoms with van der Waals surface area (Å²) in [7, 11) is 1.64. The van der Waals surface area contributed by atoms with E-state index >= 15 is 0 Å². The van der Waals surface area contributed by atoms with E-state index in [-0.39, 0.29) is 5.82 Å². The van der Waals surface area contributed by atoms with Crippen molar-refractivity contribution in [3.05, 3.63) is 29.6 Å². The number of rotatable bonds is 2. The molecule has 0 bridgehead atoms. The predicted octanol–water partition coefficient (Wildman–Crippen LogP) is 3.87. The van der Waals surface area contributed by atoms with Crippen molar-refractivity contribution in [1.29, 1.82) is 0 Å². The van der Waals surface area contributed by atoms with E-state index in [0.717, 1.165) is 30.6 Å². The van der Waals surface area contributed by atoms with Crippen molar-refractivity contribution in [3.8, 4) is 5.75 Å². The molecular formula is C12H14BrFO. The molecule has 0 aliphatic heterocycles. The van der Waals surface area contributed by atoms with E-state index in [1.165, 1.54) is 6.07 Å². The number of hydrogen-bond donors (Lipinski definition) is 0. The number of alkyl halides is 1. The maximum Gasteiger partial charge on any atom is 0.123 e. The Labute approximate surface area is 97.8 Å². The minimum absolute atomic E-state index is 0.177. The first-order chi connectivity index (χ1) is 7.20. The molecule has 1 saturated carbocycles. The van der Waals surface area contributed by atoms with Gasteiger partial charge in [0.05, 0.1) is 7.11 Å². The maximum atomic E-state index is 13.2. The highest BCUT2D eigenvalue weighted by molar-refractivity contribution is 9.09. The summed E-state index contributed by atoms with van der Waals surface area (Å²) in [6.07, 6.45) is 3.33. The molecule has 1 fully saturated rings. The smallest absolute Gasteiger partial charge is 0.123 e. The fourth-order valence-electron chi connectivity index (χ4n) is 2.23. The van der Waals surface area contributed by atoms with Crippen LogP contribution in [0.25, 0.3) is 0 Å². The zero-order chi connectivity index (χ0) is 10.8. The molecule has 1 aromatic rings. The van der Waals surface area contributed by atoms with E-state index in [1.807, 2.05) is 0 Å². The molecule has 1 aliphatic carbocycles. The zero-order valence-corrected chi connectivity index (χ0v) is 10.3. The Balaban J connectivity index is 2.29. The first kappa shape index (κ1) is 10.9.